The predicted molar refractivity (Wildman–Crippen MR) is 62.7 cm³/mol. The van der Waals surface area contributed by atoms with E-state index in [1.54, 1.807) is 17.7 Å². The van der Waals surface area contributed by atoms with Crippen molar-refractivity contribution in [3.05, 3.63) is 33.2 Å². The zero-order valence-electron chi connectivity index (χ0n) is 9.58. The maximum Gasteiger partial charge on any atom is 0.261 e. The van der Waals surface area contributed by atoms with Crippen molar-refractivity contribution in [3.63, 3.8) is 0 Å². The van der Waals surface area contributed by atoms with Crippen molar-refractivity contribution < 1.29 is 0 Å². The maximum atomic E-state index is 11.9. The lowest BCUT2D eigenvalue weighted by atomic mass is 10.0. The van der Waals surface area contributed by atoms with E-state index in [-0.39, 0.29) is 11.4 Å². The molecule has 0 spiro atoms. The Morgan fingerprint density at radius 1 is 1.50 bits per heavy atom. The summed E-state index contributed by atoms with van der Waals surface area (Å²) in [6.07, 6.45) is 0.871. The first-order valence-corrected chi connectivity index (χ1v) is 5.25. The highest BCUT2D eigenvalue weighted by molar-refractivity contribution is 5.94. The number of nitrogens with zero attached hydrogens (tertiary/aromatic N) is 2. The molecule has 5 nitrogen and oxygen atoms in total. The number of nitrogen functional groups attached to an aromatic ring is 1. The number of likely N-dealkylation sites (N-methyl/N-ethyl adjacent to an activating group) is 1. The molecule has 0 unspecified atom stereocenters. The van der Waals surface area contributed by atoms with E-state index in [0.717, 1.165) is 30.8 Å². The first kappa shape index (κ1) is 10.9. The molecule has 3 N–H and O–H groups in total. The van der Waals surface area contributed by atoms with E-state index in [2.05, 4.69) is 4.90 Å². The molecule has 0 aliphatic carbocycles. The second kappa shape index (κ2) is 3.75. The summed E-state index contributed by atoms with van der Waals surface area (Å²) in [6.45, 7) is 1.77. The Bertz CT molecular complexity index is 503. The van der Waals surface area contributed by atoms with E-state index in [9.17, 15) is 4.79 Å². The third-order valence-electron chi connectivity index (χ3n) is 3.09. The second-order valence-corrected chi connectivity index (χ2v) is 4.30. The van der Waals surface area contributed by atoms with E-state index in [1.165, 1.54) is 0 Å². The SMILES string of the molecule is CN1CCc2c(cc(C(=N)N)c(=O)n2C)C1. The van der Waals surface area contributed by atoms with Gasteiger partial charge < -0.3 is 15.2 Å². The topological polar surface area (TPSA) is 75.1 Å². The molecular formula is C11H16N4O. The van der Waals surface area contributed by atoms with Crippen molar-refractivity contribution >= 4 is 5.84 Å². The first-order valence-electron chi connectivity index (χ1n) is 5.25. The van der Waals surface area contributed by atoms with Crippen LogP contribution in [0.15, 0.2) is 10.9 Å². The Hall–Kier alpha value is -1.62. The highest BCUT2D eigenvalue weighted by Gasteiger charge is 2.19. The molecule has 2 rings (SSSR count). The molecule has 0 bridgehead atoms. The fraction of sp³-hybridized carbons (Fsp3) is 0.455. The van der Waals surface area contributed by atoms with Crippen LogP contribution >= 0.6 is 0 Å². The van der Waals surface area contributed by atoms with Gasteiger partial charge >= 0.3 is 0 Å². The fourth-order valence-electron chi connectivity index (χ4n) is 2.16. The van der Waals surface area contributed by atoms with Gasteiger partial charge in [-0.05, 0) is 18.7 Å². The maximum absolute atomic E-state index is 11.9. The zero-order chi connectivity index (χ0) is 11.9. The van der Waals surface area contributed by atoms with Gasteiger partial charge in [-0.15, -0.1) is 0 Å². The van der Waals surface area contributed by atoms with Gasteiger partial charge in [0.05, 0.1) is 5.56 Å². The molecule has 0 aromatic carbocycles. The Labute approximate surface area is 94.0 Å². The Balaban J connectivity index is 2.64. The standard InChI is InChI=1S/C11H16N4O/c1-14-4-3-9-7(6-14)5-8(10(12)13)11(16)15(9)2/h5H,3-4,6H2,1-2H3,(H3,12,13). The van der Waals surface area contributed by atoms with Gasteiger partial charge in [-0.3, -0.25) is 10.2 Å². The third-order valence-corrected chi connectivity index (χ3v) is 3.09. The molecule has 86 valence electrons. The van der Waals surface area contributed by atoms with Gasteiger partial charge in [0, 0.05) is 32.3 Å². The summed E-state index contributed by atoms with van der Waals surface area (Å²) in [7, 11) is 3.79. The molecule has 0 amide bonds. The summed E-state index contributed by atoms with van der Waals surface area (Å²) in [5, 5.41) is 7.39. The highest BCUT2D eigenvalue weighted by atomic mass is 16.1. The van der Waals surface area contributed by atoms with Gasteiger partial charge in [-0.25, -0.2) is 0 Å². The second-order valence-electron chi connectivity index (χ2n) is 4.30. The molecular weight excluding hydrogens is 204 g/mol. The summed E-state index contributed by atoms with van der Waals surface area (Å²) >= 11 is 0. The minimum atomic E-state index is -0.171. The molecule has 16 heavy (non-hydrogen) atoms. The van der Waals surface area contributed by atoms with E-state index < -0.39 is 0 Å². The number of nitrogens with one attached hydrogen (secondary N) is 1. The third kappa shape index (κ3) is 1.63. The van der Waals surface area contributed by atoms with Crippen LogP contribution in [0.4, 0.5) is 0 Å². The van der Waals surface area contributed by atoms with Gasteiger partial charge in [-0.2, -0.15) is 0 Å². The van der Waals surface area contributed by atoms with Crippen molar-refractivity contribution in [2.75, 3.05) is 13.6 Å². The number of aromatic nitrogens is 1. The number of hydrogen-bond acceptors (Lipinski definition) is 3. The van der Waals surface area contributed by atoms with Gasteiger partial charge in [0.2, 0.25) is 0 Å². The van der Waals surface area contributed by atoms with Crippen molar-refractivity contribution in [1.29, 1.82) is 5.41 Å². The quantitative estimate of drug-likeness (QED) is 0.502. The monoisotopic (exact) mass is 220 g/mol. The molecule has 0 saturated carbocycles. The Morgan fingerprint density at radius 3 is 2.81 bits per heavy atom. The van der Waals surface area contributed by atoms with Crippen molar-refractivity contribution in [2.24, 2.45) is 12.8 Å². The number of fused-ring (bicyclic) bond motifs is 1. The molecule has 1 aliphatic rings. The molecule has 0 fully saturated rings. The Morgan fingerprint density at radius 2 is 2.19 bits per heavy atom. The minimum absolute atomic E-state index is 0.156. The largest absolute Gasteiger partial charge is 0.384 e. The predicted octanol–water partition coefficient (Wildman–Crippen LogP) is -0.343. The van der Waals surface area contributed by atoms with Crippen LogP contribution in [0, 0.1) is 5.41 Å². The fourth-order valence-corrected chi connectivity index (χ4v) is 2.16. The van der Waals surface area contributed by atoms with Gasteiger partial charge in [0.15, 0.2) is 0 Å². The molecule has 1 aromatic rings. The molecule has 2 heterocycles. The van der Waals surface area contributed by atoms with Crippen LogP contribution < -0.4 is 11.3 Å². The van der Waals surface area contributed by atoms with Crippen molar-refractivity contribution in [2.45, 2.75) is 13.0 Å². The van der Waals surface area contributed by atoms with Crippen LogP contribution in [-0.2, 0) is 20.0 Å². The summed E-state index contributed by atoms with van der Waals surface area (Å²) in [6, 6.07) is 1.76. The zero-order valence-corrected chi connectivity index (χ0v) is 9.58. The molecule has 1 aliphatic heterocycles. The average molecular weight is 220 g/mol. The normalized spacial score (nSPS) is 15.9. The number of nitrogens with two attached hydrogens (primary N) is 1. The van der Waals surface area contributed by atoms with E-state index in [0.29, 0.717) is 5.56 Å². The van der Waals surface area contributed by atoms with Gasteiger partial charge in [0.25, 0.3) is 5.56 Å². The van der Waals surface area contributed by atoms with Crippen LogP contribution in [0.25, 0.3) is 0 Å². The number of amidine groups is 1. The highest BCUT2D eigenvalue weighted by Crippen LogP contribution is 2.16. The molecule has 1 aromatic heterocycles. The molecule has 5 heteroatoms. The molecule has 0 atom stereocenters. The van der Waals surface area contributed by atoms with Crippen molar-refractivity contribution in [1.82, 2.24) is 9.47 Å². The van der Waals surface area contributed by atoms with Crippen LogP contribution in [-0.4, -0.2) is 28.9 Å². The number of rotatable bonds is 1. The smallest absolute Gasteiger partial charge is 0.261 e. The van der Waals surface area contributed by atoms with Crippen LogP contribution in [0.5, 0.6) is 0 Å². The average Bonchev–Trinajstić information content (AvgIpc) is 2.22. The molecule has 0 radical (unpaired) electrons. The van der Waals surface area contributed by atoms with E-state index in [4.69, 9.17) is 11.1 Å². The van der Waals surface area contributed by atoms with E-state index in [1.807, 2.05) is 7.05 Å². The lowest BCUT2D eigenvalue weighted by Gasteiger charge is -2.27. The lowest BCUT2D eigenvalue weighted by molar-refractivity contribution is 0.306. The molecule has 0 saturated heterocycles. The summed E-state index contributed by atoms with van der Waals surface area (Å²) in [5.74, 6) is -0.156. The number of pyridine rings is 1. The van der Waals surface area contributed by atoms with Crippen LogP contribution in [0.3, 0.4) is 0 Å². The summed E-state index contributed by atoms with van der Waals surface area (Å²) < 4.78 is 1.62. The lowest BCUT2D eigenvalue weighted by Crippen LogP contribution is -2.36. The van der Waals surface area contributed by atoms with E-state index >= 15 is 0 Å². The van der Waals surface area contributed by atoms with Crippen LogP contribution in [0.1, 0.15) is 16.8 Å². The summed E-state index contributed by atoms with van der Waals surface area (Å²) in [5.41, 5.74) is 7.70. The van der Waals surface area contributed by atoms with Gasteiger partial charge in [-0.1, -0.05) is 0 Å². The minimum Gasteiger partial charge on any atom is -0.384 e. The summed E-state index contributed by atoms with van der Waals surface area (Å²) in [4.78, 5) is 14.1. The first-order chi connectivity index (χ1) is 7.50. The van der Waals surface area contributed by atoms with Gasteiger partial charge in [0.1, 0.15) is 5.84 Å². The van der Waals surface area contributed by atoms with Crippen molar-refractivity contribution in [3.8, 4) is 0 Å². The van der Waals surface area contributed by atoms with Crippen LogP contribution in [0.2, 0.25) is 0 Å². The Kier molecular flexibility index (Phi) is 2.55. The number of hydrogen-bond donors (Lipinski definition) is 2.